The number of carbonyl (C=O) groups excluding carboxylic acids is 1. The third kappa shape index (κ3) is 3.53. The third-order valence-electron chi connectivity index (χ3n) is 2.64. The predicted octanol–water partition coefficient (Wildman–Crippen LogP) is 0.756. The molecule has 1 aromatic heterocycles. The molecular formula is C14H15N3O3. The molecule has 20 heavy (non-hydrogen) atoms. The van der Waals surface area contributed by atoms with Gasteiger partial charge in [-0.25, -0.2) is 10.8 Å². The number of pyridine rings is 1. The maximum Gasteiger partial charge on any atom is 0.283 e. The number of nitrogens with zero attached hydrogens (tertiary/aromatic N) is 1. The molecule has 2 rings (SSSR count). The normalized spacial score (nSPS) is 10.1. The summed E-state index contributed by atoms with van der Waals surface area (Å²) in [5.74, 6) is 5.24. The molecule has 0 unspecified atom stereocenters. The molecule has 4 N–H and O–H groups in total. The van der Waals surface area contributed by atoms with E-state index in [0.29, 0.717) is 11.4 Å². The summed E-state index contributed by atoms with van der Waals surface area (Å²) in [6.07, 6.45) is 0. The second kappa shape index (κ2) is 6.65. The first-order chi connectivity index (χ1) is 9.72. The summed E-state index contributed by atoms with van der Waals surface area (Å²) in [6, 6.07) is 12.2. The van der Waals surface area contributed by atoms with Crippen LogP contribution in [0.15, 0.2) is 42.5 Å². The van der Waals surface area contributed by atoms with E-state index in [2.05, 4.69) is 4.98 Å². The number of hydrogen-bond donors (Lipinski definition) is 3. The fourth-order valence-corrected chi connectivity index (χ4v) is 1.65. The van der Waals surface area contributed by atoms with Gasteiger partial charge in [0.1, 0.15) is 18.1 Å². The zero-order valence-electron chi connectivity index (χ0n) is 10.7. The van der Waals surface area contributed by atoms with E-state index in [9.17, 15) is 4.79 Å². The van der Waals surface area contributed by atoms with E-state index in [-0.39, 0.29) is 18.9 Å². The number of aliphatic hydroxyl groups excluding tert-OH is 1. The predicted molar refractivity (Wildman–Crippen MR) is 72.6 cm³/mol. The lowest BCUT2D eigenvalue weighted by molar-refractivity contribution is 0.0948. The smallest absolute Gasteiger partial charge is 0.283 e. The van der Waals surface area contributed by atoms with Crippen molar-refractivity contribution in [3.63, 3.8) is 0 Å². The van der Waals surface area contributed by atoms with Gasteiger partial charge in [0.15, 0.2) is 0 Å². The standard InChI is InChI=1S/C14H15N3O3/c15-17-14(19)13-6-2-4-11(16-13)9-20-12-5-1-3-10(7-12)8-18/h1-7,18H,8-9,15H2,(H,17,19). The molecule has 0 radical (unpaired) electrons. The lowest BCUT2D eigenvalue weighted by atomic mass is 10.2. The molecule has 1 amide bonds. The van der Waals surface area contributed by atoms with Gasteiger partial charge < -0.3 is 9.84 Å². The number of nitrogen functional groups attached to an aromatic ring is 1. The summed E-state index contributed by atoms with van der Waals surface area (Å²) >= 11 is 0. The molecule has 0 saturated carbocycles. The highest BCUT2D eigenvalue weighted by atomic mass is 16.5. The average molecular weight is 273 g/mol. The number of nitrogens with one attached hydrogen (secondary N) is 1. The number of aromatic nitrogens is 1. The molecule has 6 heteroatoms. The summed E-state index contributed by atoms with van der Waals surface area (Å²) in [4.78, 5) is 15.5. The van der Waals surface area contributed by atoms with Crippen molar-refractivity contribution in [1.29, 1.82) is 0 Å². The summed E-state index contributed by atoms with van der Waals surface area (Å²) in [5.41, 5.74) is 3.64. The second-order valence-corrected chi connectivity index (χ2v) is 4.08. The van der Waals surface area contributed by atoms with Crippen LogP contribution < -0.4 is 16.0 Å². The van der Waals surface area contributed by atoms with Crippen molar-refractivity contribution in [3.8, 4) is 5.75 Å². The Morgan fingerprint density at radius 1 is 1.30 bits per heavy atom. The monoisotopic (exact) mass is 273 g/mol. The number of benzene rings is 1. The van der Waals surface area contributed by atoms with Gasteiger partial charge in [-0.1, -0.05) is 18.2 Å². The SMILES string of the molecule is NNC(=O)c1cccc(COc2cccc(CO)c2)n1. The Kier molecular flexibility index (Phi) is 4.65. The van der Waals surface area contributed by atoms with Crippen molar-refractivity contribution in [1.82, 2.24) is 10.4 Å². The Bertz CT molecular complexity index is 602. The Labute approximate surface area is 116 Å². The van der Waals surface area contributed by atoms with Crippen LogP contribution in [0.25, 0.3) is 0 Å². The summed E-state index contributed by atoms with van der Waals surface area (Å²) in [6.45, 7) is 0.183. The first-order valence-electron chi connectivity index (χ1n) is 6.02. The number of nitrogens with two attached hydrogens (primary N) is 1. The molecule has 0 bridgehead atoms. The summed E-state index contributed by atoms with van der Waals surface area (Å²) < 4.78 is 5.57. The van der Waals surface area contributed by atoms with E-state index in [0.717, 1.165) is 5.56 Å². The summed E-state index contributed by atoms with van der Waals surface area (Å²) in [7, 11) is 0. The van der Waals surface area contributed by atoms with Crippen LogP contribution in [-0.4, -0.2) is 16.0 Å². The van der Waals surface area contributed by atoms with Crippen molar-refractivity contribution < 1.29 is 14.6 Å². The molecule has 0 atom stereocenters. The van der Waals surface area contributed by atoms with Crippen molar-refractivity contribution in [3.05, 3.63) is 59.4 Å². The van der Waals surface area contributed by atoms with E-state index in [1.807, 2.05) is 5.43 Å². The van der Waals surface area contributed by atoms with Crippen LogP contribution in [0.3, 0.4) is 0 Å². The molecule has 0 spiro atoms. The molecule has 6 nitrogen and oxygen atoms in total. The van der Waals surface area contributed by atoms with Crippen LogP contribution >= 0.6 is 0 Å². The lowest BCUT2D eigenvalue weighted by Crippen LogP contribution is -2.30. The minimum Gasteiger partial charge on any atom is -0.487 e. The van der Waals surface area contributed by atoms with Crippen LogP contribution in [0.5, 0.6) is 5.75 Å². The molecular weight excluding hydrogens is 258 g/mol. The lowest BCUT2D eigenvalue weighted by Gasteiger charge is -2.07. The molecule has 0 saturated heterocycles. The zero-order chi connectivity index (χ0) is 14.4. The van der Waals surface area contributed by atoms with Crippen LogP contribution in [0.2, 0.25) is 0 Å². The van der Waals surface area contributed by atoms with E-state index < -0.39 is 5.91 Å². The van der Waals surface area contributed by atoms with Crippen LogP contribution in [-0.2, 0) is 13.2 Å². The molecule has 104 valence electrons. The fraction of sp³-hybridized carbons (Fsp3) is 0.143. The molecule has 1 heterocycles. The van der Waals surface area contributed by atoms with Gasteiger partial charge in [0, 0.05) is 0 Å². The first kappa shape index (κ1) is 14.0. The number of ether oxygens (including phenoxy) is 1. The third-order valence-corrected chi connectivity index (χ3v) is 2.64. The van der Waals surface area contributed by atoms with Gasteiger partial charge in [0.2, 0.25) is 0 Å². The number of rotatable bonds is 5. The quantitative estimate of drug-likeness (QED) is 0.424. The van der Waals surface area contributed by atoms with Crippen molar-refractivity contribution in [2.75, 3.05) is 0 Å². The fourth-order valence-electron chi connectivity index (χ4n) is 1.65. The maximum absolute atomic E-state index is 11.4. The maximum atomic E-state index is 11.4. The van der Waals surface area contributed by atoms with Gasteiger partial charge in [-0.05, 0) is 29.8 Å². The van der Waals surface area contributed by atoms with Crippen LogP contribution in [0.1, 0.15) is 21.7 Å². The van der Waals surface area contributed by atoms with Crippen LogP contribution in [0.4, 0.5) is 0 Å². The van der Waals surface area contributed by atoms with Gasteiger partial charge in [-0.2, -0.15) is 0 Å². The molecule has 0 aliphatic carbocycles. The second-order valence-electron chi connectivity index (χ2n) is 4.08. The largest absolute Gasteiger partial charge is 0.487 e. The molecule has 0 aliphatic rings. The minimum absolute atomic E-state index is 0.0401. The average Bonchev–Trinajstić information content (AvgIpc) is 2.52. The Hall–Kier alpha value is -2.44. The topological polar surface area (TPSA) is 97.5 Å². The Morgan fingerprint density at radius 2 is 2.10 bits per heavy atom. The summed E-state index contributed by atoms with van der Waals surface area (Å²) in [5, 5.41) is 9.05. The van der Waals surface area contributed by atoms with Crippen molar-refractivity contribution in [2.24, 2.45) is 5.84 Å². The molecule has 2 aromatic rings. The van der Waals surface area contributed by atoms with Crippen molar-refractivity contribution in [2.45, 2.75) is 13.2 Å². The minimum atomic E-state index is -0.450. The Balaban J connectivity index is 2.05. The van der Waals surface area contributed by atoms with Crippen molar-refractivity contribution >= 4 is 5.91 Å². The number of hydrazine groups is 1. The molecule has 0 aliphatic heterocycles. The van der Waals surface area contributed by atoms with Gasteiger partial charge in [0.05, 0.1) is 12.3 Å². The van der Waals surface area contributed by atoms with E-state index >= 15 is 0 Å². The van der Waals surface area contributed by atoms with Gasteiger partial charge in [0.25, 0.3) is 5.91 Å². The van der Waals surface area contributed by atoms with Crippen LogP contribution in [0, 0.1) is 0 Å². The number of amides is 1. The van der Waals surface area contributed by atoms with Gasteiger partial charge in [-0.15, -0.1) is 0 Å². The number of aliphatic hydroxyl groups is 1. The number of hydrogen-bond acceptors (Lipinski definition) is 5. The van der Waals surface area contributed by atoms with E-state index in [4.69, 9.17) is 15.7 Å². The van der Waals surface area contributed by atoms with E-state index in [1.54, 1.807) is 42.5 Å². The number of carbonyl (C=O) groups is 1. The Morgan fingerprint density at radius 3 is 2.85 bits per heavy atom. The molecule has 1 aromatic carbocycles. The molecule has 0 fully saturated rings. The van der Waals surface area contributed by atoms with E-state index in [1.165, 1.54) is 0 Å². The highest BCUT2D eigenvalue weighted by Crippen LogP contribution is 2.14. The van der Waals surface area contributed by atoms with Gasteiger partial charge in [-0.3, -0.25) is 10.2 Å². The van der Waals surface area contributed by atoms with Gasteiger partial charge >= 0.3 is 0 Å². The first-order valence-corrected chi connectivity index (χ1v) is 6.02. The highest BCUT2D eigenvalue weighted by Gasteiger charge is 2.06. The highest BCUT2D eigenvalue weighted by molar-refractivity contribution is 5.91. The zero-order valence-corrected chi connectivity index (χ0v) is 10.7.